The molecule has 1 amide bonds. The van der Waals surface area contributed by atoms with E-state index < -0.39 is 11.9 Å². The SMILES string of the molecule is NC1CCN(c2ccc(Br)cc2F)C1=O. The number of benzene rings is 1. The summed E-state index contributed by atoms with van der Waals surface area (Å²) in [5, 5.41) is 0. The van der Waals surface area contributed by atoms with Gasteiger partial charge in [0.25, 0.3) is 0 Å². The molecule has 1 aromatic carbocycles. The van der Waals surface area contributed by atoms with Crippen molar-refractivity contribution in [1.29, 1.82) is 0 Å². The minimum atomic E-state index is -0.493. The lowest BCUT2D eigenvalue weighted by atomic mass is 10.2. The van der Waals surface area contributed by atoms with Gasteiger partial charge in [-0.05, 0) is 24.6 Å². The Morgan fingerprint density at radius 3 is 2.80 bits per heavy atom. The molecule has 2 rings (SSSR count). The van der Waals surface area contributed by atoms with Crippen molar-refractivity contribution in [2.24, 2.45) is 5.73 Å². The zero-order chi connectivity index (χ0) is 11.0. The molecule has 3 nitrogen and oxygen atoms in total. The van der Waals surface area contributed by atoms with Crippen LogP contribution in [-0.2, 0) is 4.79 Å². The van der Waals surface area contributed by atoms with Gasteiger partial charge in [0.1, 0.15) is 5.82 Å². The Bertz CT molecular complexity index is 410. The number of nitrogens with two attached hydrogens (primary N) is 1. The standard InChI is InChI=1S/C10H10BrFN2O/c11-6-1-2-9(7(12)5-6)14-4-3-8(13)10(14)15/h1-2,5,8H,3-4,13H2. The molecule has 1 aliphatic rings. The fourth-order valence-electron chi connectivity index (χ4n) is 1.64. The lowest BCUT2D eigenvalue weighted by molar-refractivity contribution is -0.118. The summed E-state index contributed by atoms with van der Waals surface area (Å²) in [6, 6.07) is 4.13. The van der Waals surface area contributed by atoms with E-state index in [0.717, 1.165) is 0 Å². The average Bonchev–Trinajstić information content (AvgIpc) is 2.49. The number of carbonyl (C=O) groups excluding carboxylic acids is 1. The highest BCUT2D eigenvalue weighted by atomic mass is 79.9. The predicted molar refractivity (Wildman–Crippen MR) is 59.0 cm³/mol. The summed E-state index contributed by atoms with van der Waals surface area (Å²) in [7, 11) is 0. The van der Waals surface area contributed by atoms with Crippen molar-refractivity contribution in [3.63, 3.8) is 0 Å². The number of carbonyl (C=O) groups is 1. The van der Waals surface area contributed by atoms with E-state index in [9.17, 15) is 9.18 Å². The molecule has 1 heterocycles. The predicted octanol–water partition coefficient (Wildman–Crippen LogP) is 1.65. The normalized spacial score (nSPS) is 21.1. The maximum Gasteiger partial charge on any atom is 0.244 e. The summed E-state index contributed by atoms with van der Waals surface area (Å²) >= 11 is 3.16. The second kappa shape index (κ2) is 3.90. The third-order valence-electron chi connectivity index (χ3n) is 2.45. The zero-order valence-electron chi connectivity index (χ0n) is 7.91. The van der Waals surface area contributed by atoms with Crippen molar-refractivity contribution in [3.05, 3.63) is 28.5 Å². The van der Waals surface area contributed by atoms with Crippen LogP contribution in [0.1, 0.15) is 6.42 Å². The molecule has 0 saturated carbocycles. The Labute approximate surface area is 95.2 Å². The minimum absolute atomic E-state index is 0.212. The van der Waals surface area contributed by atoms with Crippen LogP contribution in [0.5, 0.6) is 0 Å². The van der Waals surface area contributed by atoms with Gasteiger partial charge in [0.2, 0.25) is 5.91 Å². The van der Waals surface area contributed by atoms with Crippen LogP contribution in [0.4, 0.5) is 10.1 Å². The molecule has 1 atom stereocenters. The van der Waals surface area contributed by atoms with E-state index in [-0.39, 0.29) is 5.91 Å². The Morgan fingerprint density at radius 2 is 2.27 bits per heavy atom. The van der Waals surface area contributed by atoms with Gasteiger partial charge in [0.15, 0.2) is 0 Å². The summed E-state index contributed by atoms with van der Waals surface area (Å²) in [4.78, 5) is 13.0. The zero-order valence-corrected chi connectivity index (χ0v) is 9.50. The lowest BCUT2D eigenvalue weighted by Gasteiger charge is -2.16. The van der Waals surface area contributed by atoms with Gasteiger partial charge < -0.3 is 10.6 Å². The van der Waals surface area contributed by atoms with Crippen molar-refractivity contribution >= 4 is 27.5 Å². The van der Waals surface area contributed by atoms with E-state index in [0.29, 0.717) is 23.1 Å². The molecule has 2 N–H and O–H groups in total. The van der Waals surface area contributed by atoms with Gasteiger partial charge in [0, 0.05) is 11.0 Å². The Kier molecular flexibility index (Phi) is 2.75. The largest absolute Gasteiger partial charge is 0.320 e. The van der Waals surface area contributed by atoms with Crippen LogP contribution in [0.3, 0.4) is 0 Å². The first-order chi connectivity index (χ1) is 7.09. The van der Waals surface area contributed by atoms with Crippen molar-refractivity contribution in [1.82, 2.24) is 0 Å². The third kappa shape index (κ3) is 1.89. The van der Waals surface area contributed by atoms with Crippen LogP contribution < -0.4 is 10.6 Å². The third-order valence-corrected chi connectivity index (χ3v) is 2.94. The van der Waals surface area contributed by atoms with Crippen LogP contribution in [-0.4, -0.2) is 18.5 Å². The molecule has 1 saturated heterocycles. The minimum Gasteiger partial charge on any atom is -0.320 e. The number of amides is 1. The smallest absolute Gasteiger partial charge is 0.244 e. The molecular formula is C10H10BrFN2O. The first kappa shape index (κ1) is 10.6. The topological polar surface area (TPSA) is 46.3 Å². The van der Waals surface area contributed by atoms with Crippen LogP contribution in [0.15, 0.2) is 22.7 Å². The fraction of sp³-hybridized carbons (Fsp3) is 0.300. The molecule has 80 valence electrons. The molecule has 0 bridgehead atoms. The molecule has 5 heteroatoms. The number of hydrogen-bond donors (Lipinski definition) is 1. The van der Waals surface area contributed by atoms with Crippen LogP contribution in [0.25, 0.3) is 0 Å². The molecule has 1 unspecified atom stereocenters. The van der Waals surface area contributed by atoms with Gasteiger partial charge in [-0.3, -0.25) is 4.79 Å². The van der Waals surface area contributed by atoms with Crippen LogP contribution in [0.2, 0.25) is 0 Å². The fourth-order valence-corrected chi connectivity index (χ4v) is 1.97. The first-order valence-electron chi connectivity index (χ1n) is 4.61. The second-order valence-electron chi connectivity index (χ2n) is 3.48. The Morgan fingerprint density at radius 1 is 1.53 bits per heavy atom. The van der Waals surface area contributed by atoms with Gasteiger partial charge in [-0.25, -0.2) is 4.39 Å². The summed E-state index contributed by atoms with van der Waals surface area (Å²) in [6.45, 7) is 0.485. The maximum absolute atomic E-state index is 13.5. The molecule has 1 fully saturated rings. The molecule has 0 aliphatic carbocycles. The van der Waals surface area contributed by atoms with E-state index in [2.05, 4.69) is 15.9 Å². The number of halogens is 2. The molecule has 0 radical (unpaired) electrons. The summed E-state index contributed by atoms with van der Waals surface area (Å²) in [6.07, 6.45) is 0.578. The van der Waals surface area contributed by atoms with Crippen molar-refractivity contribution < 1.29 is 9.18 Å². The quantitative estimate of drug-likeness (QED) is 0.845. The molecule has 0 aromatic heterocycles. The first-order valence-corrected chi connectivity index (χ1v) is 5.41. The van der Waals surface area contributed by atoms with E-state index in [1.165, 1.54) is 11.0 Å². The average molecular weight is 273 g/mol. The number of anilines is 1. The highest BCUT2D eigenvalue weighted by molar-refractivity contribution is 9.10. The number of nitrogens with zero attached hydrogens (tertiary/aromatic N) is 1. The maximum atomic E-state index is 13.5. The highest BCUT2D eigenvalue weighted by Gasteiger charge is 2.30. The summed E-state index contributed by atoms with van der Waals surface area (Å²) < 4.78 is 14.2. The lowest BCUT2D eigenvalue weighted by Crippen LogP contribution is -2.34. The molecule has 0 spiro atoms. The molecule has 15 heavy (non-hydrogen) atoms. The molecule has 1 aromatic rings. The highest BCUT2D eigenvalue weighted by Crippen LogP contribution is 2.26. The number of hydrogen-bond acceptors (Lipinski definition) is 2. The second-order valence-corrected chi connectivity index (χ2v) is 4.40. The Balaban J connectivity index is 2.34. The van der Waals surface area contributed by atoms with Gasteiger partial charge in [-0.1, -0.05) is 15.9 Å². The van der Waals surface area contributed by atoms with Gasteiger partial charge in [-0.2, -0.15) is 0 Å². The van der Waals surface area contributed by atoms with E-state index in [1.807, 2.05) is 0 Å². The molecule has 1 aliphatic heterocycles. The van der Waals surface area contributed by atoms with E-state index >= 15 is 0 Å². The Hall–Kier alpha value is -0.940. The monoisotopic (exact) mass is 272 g/mol. The van der Waals surface area contributed by atoms with Crippen molar-refractivity contribution in [2.45, 2.75) is 12.5 Å². The van der Waals surface area contributed by atoms with Crippen LogP contribution in [0, 0.1) is 5.82 Å². The van der Waals surface area contributed by atoms with Crippen molar-refractivity contribution in [2.75, 3.05) is 11.4 Å². The van der Waals surface area contributed by atoms with E-state index in [4.69, 9.17) is 5.73 Å². The van der Waals surface area contributed by atoms with Gasteiger partial charge >= 0.3 is 0 Å². The summed E-state index contributed by atoms with van der Waals surface area (Å²) in [5.74, 6) is -0.622. The van der Waals surface area contributed by atoms with E-state index in [1.54, 1.807) is 12.1 Å². The van der Waals surface area contributed by atoms with Crippen LogP contribution >= 0.6 is 15.9 Å². The van der Waals surface area contributed by atoms with Gasteiger partial charge in [0.05, 0.1) is 11.7 Å². The number of rotatable bonds is 1. The summed E-state index contributed by atoms with van der Waals surface area (Å²) in [5.41, 5.74) is 5.87. The van der Waals surface area contributed by atoms with Crippen molar-refractivity contribution in [3.8, 4) is 0 Å². The van der Waals surface area contributed by atoms with Gasteiger partial charge in [-0.15, -0.1) is 0 Å². The molecular weight excluding hydrogens is 263 g/mol.